The van der Waals surface area contributed by atoms with Crippen molar-refractivity contribution >= 4 is 5.97 Å². The lowest BCUT2D eigenvalue weighted by atomic mass is 9.97. The Labute approximate surface area is 119 Å². The van der Waals surface area contributed by atoms with Crippen molar-refractivity contribution in [2.24, 2.45) is 0 Å². The molecular weight excluding hydrogens is 248 g/mol. The van der Waals surface area contributed by atoms with Gasteiger partial charge in [0.05, 0.1) is 0 Å². The fourth-order valence-electron chi connectivity index (χ4n) is 2.03. The first-order valence-corrected chi connectivity index (χ1v) is 6.56. The zero-order valence-electron chi connectivity index (χ0n) is 11.8. The van der Waals surface area contributed by atoms with Crippen LogP contribution in [0.2, 0.25) is 0 Å². The maximum Gasteiger partial charge on any atom is 0.334 e. The molecule has 20 heavy (non-hydrogen) atoms. The van der Waals surface area contributed by atoms with Crippen LogP contribution in [0.3, 0.4) is 0 Å². The summed E-state index contributed by atoms with van der Waals surface area (Å²) in [6.07, 6.45) is -0.401. The lowest BCUT2D eigenvalue weighted by molar-refractivity contribution is -0.142. The summed E-state index contributed by atoms with van der Waals surface area (Å²) in [5.41, 5.74) is 3.44. The highest BCUT2D eigenvalue weighted by Gasteiger charge is 2.20. The molecule has 2 heteroatoms. The quantitative estimate of drug-likeness (QED) is 0.612. The second kappa shape index (κ2) is 6.20. The van der Waals surface area contributed by atoms with Crippen LogP contribution in [-0.4, -0.2) is 5.97 Å². The Hall–Kier alpha value is -2.35. The molecule has 0 amide bonds. The SMILES string of the molecule is C=C(C)C(=O)OC(c1ccccc1)c1ccccc1C. The molecule has 0 radical (unpaired) electrons. The van der Waals surface area contributed by atoms with Gasteiger partial charge in [0.2, 0.25) is 0 Å². The minimum Gasteiger partial charge on any atom is -0.449 e. The van der Waals surface area contributed by atoms with Crippen LogP contribution in [0.4, 0.5) is 0 Å². The first-order chi connectivity index (χ1) is 9.59. The van der Waals surface area contributed by atoms with Crippen LogP contribution in [0.1, 0.15) is 29.7 Å². The molecule has 0 fully saturated rings. The molecule has 0 aromatic heterocycles. The van der Waals surface area contributed by atoms with Gasteiger partial charge in [-0.05, 0) is 30.5 Å². The standard InChI is InChI=1S/C18H18O2/c1-13(2)18(19)20-17(15-10-5-4-6-11-15)16-12-8-7-9-14(16)3/h4-12,17H,1H2,2-3H3. The largest absolute Gasteiger partial charge is 0.449 e. The van der Waals surface area contributed by atoms with Crippen LogP contribution in [0, 0.1) is 6.92 Å². The number of hydrogen-bond acceptors (Lipinski definition) is 2. The average molecular weight is 266 g/mol. The zero-order chi connectivity index (χ0) is 14.5. The molecule has 0 aliphatic rings. The van der Waals surface area contributed by atoms with Crippen molar-refractivity contribution in [3.05, 3.63) is 83.4 Å². The minimum absolute atomic E-state index is 0.373. The molecule has 2 aromatic rings. The summed E-state index contributed by atoms with van der Waals surface area (Å²) in [5.74, 6) is -0.373. The number of carbonyl (C=O) groups excluding carboxylic acids is 1. The maximum absolute atomic E-state index is 11.9. The second-order valence-corrected chi connectivity index (χ2v) is 4.83. The fraction of sp³-hybridized carbons (Fsp3) is 0.167. The molecule has 0 saturated heterocycles. The highest BCUT2D eigenvalue weighted by Crippen LogP contribution is 2.29. The van der Waals surface area contributed by atoms with Crippen molar-refractivity contribution in [3.63, 3.8) is 0 Å². The molecule has 0 aliphatic heterocycles. The van der Waals surface area contributed by atoms with Crippen molar-refractivity contribution in [1.29, 1.82) is 0 Å². The van der Waals surface area contributed by atoms with E-state index in [0.29, 0.717) is 5.57 Å². The first-order valence-electron chi connectivity index (χ1n) is 6.56. The number of esters is 1. The van der Waals surface area contributed by atoms with E-state index in [4.69, 9.17) is 4.74 Å². The number of ether oxygens (including phenoxy) is 1. The van der Waals surface area contributed by atoms with Crippen LogP contribution in [0.15, 0.2) is 66.7 Å². The Morgan fingerprint density at radius 2 is 1.65 bits per heavy atom. The lowest BCUT2D eigenvalue weighted by Gasteiger charge is -2.20. The number of aryl methyl sites for hydroxylation is 1. The summed E-state index contributed by atoms with van der Waals surface area (Å²) in [6.45, 7) is 7.31. The lowest BCUT2D eigenvalue weighted by Crippen LogP contribution is -2.14. The molecule has 2 nitrogen and oxygen atoms in total. The van der Waals surface area contributed by atoms with E-state index < -0.39 is 6.10 Å². The molecule has 0 N–H and O–H groups in total. The van der Waals surface area contributed by atoms with Gasteiger partial charge in [-0.15, -0.1) is 0 Å². The van der Waals surface area contributed by atoms with Crippen molar-refractivity contribution in [2.45, 2.75) is 20.0 Å². The summed E-state index contributed by atoms with van der Waals surface area (Å²) in [5, 5.41) is 0. The van der Waals surface area contributed by atoms with Crippen molar-refractivity contribution in [1.82, 2.24) is 0 Å². The molecule has 1 atom stereocenters. The third kappa shape index (κ3) is 3.15. The zero-order valence-corrected chi connectivity index (χ0v) is 11.8. The van der Waals surface area contributed by atoms with Gasteiger partial charge < -0.3 is 4.74 Å². The van der Waals surface area contributed by atoms with Gasteiger partial charge in [-0.3, -0.25) is 0 Å². The Kier molecular flexibility index (Phi) is 4.36. The van der Waals surface area contributed by atoms with E-state index >= 15 is 0 Å². The summed E-state index contributed by atoms with van der Waals surface area (Å²) in [4.78, 5) is 11.9. The smallest absolute Gasteiger partial charge is 0.334 e. The molecule has 0 aliphatic carbocycles. The summed E-state index contributed by atoms with van der Waals surface area (Å²) < 4.78 is 5.63. The molecule has 102 valence electrons. The van der Waals surface area contributed by atoms with Gasteiger partial charge >= 0.3 is 5.97 Å². The van der Waals surface area contributed by atoms with Gasteiger partial charge in [0, 0.05) is 5.57 Å². The second-order valence-electron chi connectivity index (χ2n) is 4.83. The fourth-order valence-corrected chi connectivity index (χ4v) is 2.03. The monoisotopic (exact) mass is 266 g/mol. The van der Waals surface area contributed by atoms with Crippen molar-refractivity contribution in [3.8, 4) is 0 Å². The van der Waals surface area contributed by atoms with E-state index in [1.807, 2.05) is 61.5 Å². The number of carbonyl (C=O) groups is 1. The van der Waals surface area contributed by atoms with E-state index in [1.54, 1.807) is 6.92 Å². The first kappa shape index (κ1) is 14.1. The Morgan fingerprint density at radius 1 is 1.05 bits per heavy atom. The summed E-state index contributed by atoms with van der Waals surface area (Å²) in [7, 11) is 0. The highest BCUT2D eigenvalue weighted by atomic mass is 16.5. The van der Waals surface area contributed by atoms with Crippen LogP contribution < -0.4 is 0 Å². The Balaban J connectivity index is 2.42. The third-order valence-electron chi connectivity index (χ3n) is 3.15. The topological polar surface area (TPSA) is 26.3 Å². The third-order valence-corrected chi connectivity index (χ3v) is 3.15. The molecular formula is C18H18O2. The molecule has 2 rings (SSSR count). The summed E-state index contributed by atoms with van der Waals surface area (Å²) >= 11 is 0. The van der Waals surface area contributed by atoms with Gasteiger partial charge in [0.1, 0.15) is 0 Å². The van der Waals surface area contributed by atoms with Gasteiger partial charge in [-0.25, -0.2) is 4.79 Å². The predicted molar refractivity (Wildman–Crippen MR) is 80.4 cm³/mol. The van der Waals surface area contributed by atoms with Crippen molar-refractivity contribution in [2.75, 3.05) is 0 Å². The maximum atomic E-state index is 11.9. The number of hydrogen-bond donors (Lipinski definition) is 0. The minimum atomic E-state index is -0.401. The van der Waals surface area contributed by atoms with E-state index in [9.17, 15) is 4.79 Å². The van der Waals surface area contributed by atoms with Gasteiger partial charge in [-0.2, -0.15) is 0 Å². The van der Waals surface area contributed by atoms with Crippen LogP contribution in [0.5, 0.6) is 0 Å². The molecule has 0 spiro atoms. The summed E-state index contributed by atoms with van der Waals surface area (Å²) in [6, 6.07) is 17.7. The molecule has 0 saturated carbocycles. The molecule has 2 aromatic carbocycles. The van der Waals surface area contributed by atoms with E-state index in [-0.39, 0.29) is 5.97 Å². The number of benzene rings is 2. The van der Waals surface area contributed by atoms with E-state index in [2.05, 4.69) is 6.58 Å². The normalized spacial score (nSPS) is 11.7. The van der Waals surface area contributed by atoms with Crippen LogP contribution in [0.25, 0.3) is 0 Å². The molecule has 1 unspecified atom stereocenters. The predicted octanol–water partition coefficient (Wildman–Crippen LogP) is 4.20. The van der Waals surface area contributed by atoms with Crippen LogP contribution in [-0.2, 0) is 9.53 Å². The van der Waals surface area contributed by atoms with Gasteiger partial charge in [0.25, 0.3) is 0 Å². The molecule has 0 heterocycles. The molecule has 0 bridgehead atoms. The van der Waals surface area contributed by atoms with Gasteiger partial charge in [0.15, 0.2) is 6.10 Å². The van der Waals surface area contributed by atoms with Gasteiger partial charge in [-0.1, -0.05) is 61.2 Å². The Morgan fingerprint density at radius 3 is 2.25 bits per heavy atom. The van der Waals surface area contributed by atoms with E-state index in [1.165, 1.54) is 0 Å². The number of rotatable bonds is 4. The Bertz CT molecular complexity index is 614. The van der Waals surface area contributed by atoms with E-state index in [0.717, 1.165) is 16.7 Å². The van der Waals surface area contributed by atoms with Crippen LogP contribution >= 0.6 is 0 Å². The highest BCUT2D eigenvalue weighted by molar-refractivity contribution is 5.87. The van der Waals surface area contributed by atoms with Crippen molar-refractivity contribution < 1.29 is 9.53 Å². The average Bonchev–Trinajstić information content (AvgIpc) is 2.46.